The number of aromatic nitrogens is 1. The van der Waals surface area contributed by atoms with E-state index >= 15 is 0 Å². The van der Waals surface area contributed by atoms with E-state index in [1.54, 1.807) is 4.90 Å². The molecule has 3 N–H and O–H groups in total. The number of aliphatic hydroxyl groups excluding tert-OH is 2. The number of fused-ring (bicyclic) bond motifs is 3. The van der Waals surface area contributed by atoms with Crippen LogP contribution in [0.15, 0.2) is 42.5 Å². The molecule has 0 radical (unpaired) electrons. The van der Waals surface area contributed by atoms with E-state index in [2.05, 4.69) is 30.1 Å². The molecule has 1 aliphatic rings. The van der Waals surface area contributed by atoms with Crippen LogP contribution in [0.1, 0.15) is 77.3 Å². The van der Waals surface area contributed by atoms with Crippen LogP contribution in [0.5, 0.6) is 5.75 Å². The van der Waals surface area contributed by atoms with Gasteiger partial charge in [0.25, 0.3) is 0 Å². The number of H-pyrrole nitrogens is 1. The highest BCUT2D eigenvalue weighted by Crippen LogP contribution is 2.39. The first-order valence-corrected chi connectivity index (χ1v) is 14.0. The summed E-state index contributed by atoms with van der Waals surface area (Å²) in [5.41, 5.74) is 4.98. The lowest BCUT2D eigenvalue weighted by Crippen LogP contribution is -2.41. The zero-order valence-corrected chi connectivity index (χ0v) is 23.5. The maximum atomic E-state index is 12.9. The molecule has 1 atom stereocenters. The number of amides is 1. The molecule has 0 unspecified atom stereocenters. The van der Waals surface area contributed by atoms with Crippen LogP contribution in [-0.2, 0) is 17.6 Å². The van der Waals surface area contributed by atoms with Crippen molar-refractivity contribution < 1.29 is 25.9 Å². The van der Waals surface area contributed by atoms with Crippen LogP contribution in [0.2, 0.25) is 0 Å². The zero-order chi connectivity index (χ0) is 27.7. The molecule has 0 saturated heterocycles. The molecule has 7 heteroatoms. The monoisotopic (exact) mass is 526 g/mol. The van der Waals surface area contributed by atoms with Crippen LogP contribution >= 0.6 is 0 Å². The Morgan fingerprint density at radius 1 is 1.11 bits per heavy atom. The van der Waals surface area contributed by atoms with Gasteiger partial charge in [-0.2, -0.15) is 0 Å². The van der Waals surface area contributed by atoms with E-state index in [4.69, 9.17) is 9.47 Å². The number of aromatic amines is 1. The molecule has 38 heavy (non-hydrogen) atoms. The fourth-order valence-electron chi connectivity index (χ4n) is 4.98. The number of rotatable bonds is 10. The number of aryl methyl sites for hydroxylation is 1. The van der Waals surface area contributed by atoms with Crippen molar-refractivity contribution in [2.24, 2.45) is 5.41 Å². The lowest BCUT2D eigenvalue weighted by molar-refractivity contribution is 0.0114. The van der Waals surface area contributed by atoms with Crippen molar-refractivity contribution in [2.75, 3.05) is 33.0 Å². The normalized spacial score (nSPS) is 15.0. The molecule has 0 bridgehead atoms. The summed E-state index contributed by atoms with van der Waals surface area (Å²) < 4.78 is 11.3. The first-order chi connectivity index (χ1) is 18.5. The van der Waals surface area contributed by atoms with Gasteiger partial charge in [0.2, 0.25) is 0 Å². The summed E-state index contributed by atoms with van der Waals surface area (Å²) in [7, 11) is 0. The third kappa shape index (κ3) is 6.16. The average Bonchev–Trinajstić information content (AvgIpc) is 3.33. The van der Waals surface area contributed by atoms with Crippen molar-refractivity contribution in [3.05, 3.63) is 64.8 Å². The number of ether oxygens (including phenoxy) is 2. The van der Waals surface area contributed by atoms with Crippen LogP contribution in [-0.4, -0.2) is 59.2 Å². The summed E-state index contributed by atoms with van der Waals surface area (Å²) in [6.07, 6.45) is 3.20. The van der Waals surface area contributed by atoms with Gasteiger partial charge in [-0.3, -0.25) is 4.90 Å². The van der Waals surface area contributed by atoms with Gasteiger partial charge in [-0.15, -0.1) is 0 Å². The Bertz CT molecular complexity index is 1170. The minimum absolute atomic E-state index is 0. The molecule has 1 aromatic heterocycles. The van der Waals surface area contributed by atoms with Crippen molar-refractivity contribution in [1.82, 2.24) is 9.88 Å². The molecular formula is C31H46N2O5. The van der Waals surface area contributed by atoms with Crippen LogP contribution in [0.3, 0.4) is 0 Å². The minimum Gasteiger partial charge on any atom is -0.493 e. The van der Waals surface area contributed by atoms with E-state index in [9.17, 15) is 15.0 Å². The number of hydrogen-bond donors (Lipinski definition) is 3. The van der Waals surface area contributed by atoms with E-state index in [0.29, 0.717) is 25.3 Å². The van der Waals surface area contributed by atoms with Crippen molar-refractivity contribution in [3.63, 3.8) is 0 Å². The molecule has 4 rings (SSSR count). The number of hydrogen-bond acceptors (Lipinski definition) is 5. The number of carbonyl (C=O) groups excluding carboxylic acids is 1. The lowest BCUT2D eigenvalue weighted by Gasteiger charge is -2.35. The minimum atomic E-state index is -0.668. The summed E-state index contributed by atoms with van der Waals surface area (Å²) in [4.78, 5) is 18.3. The van der Waals surface area contributed by atoms with Crippen LogP contribution < -0.4 is 4.74 Å². The summed E-state index contributed by atoms with van der Waals surface area (Å²) >= 11 is 0. The molecule has 2 heterocycles. The van der Waals surface area contributed by atoms with Crippen LogP contribution in [0, 0.1) is 5.41 Å². The van der Waals surface area contributed by atoms with E-state index in [1.165, 1.54) is 16.5 Å². The quantitative estimate of drug-likeness (QED) is 0.290. The first-order valence-electron chi connectivity index (χ1n) is 14.0. The number of benzene rings is 2. The van der Waals surface area contributed by atoms with Gasteiger partial charge in [0.15, 0.2) is 0 Å². The molecule has 7 nitrogen and oxygen atoms in total. The smallest absolute Gasteiger partial charge is 0.410 e. The standard InChI is InChI=1S/C29H38N2O5.C2H6.H2/c1-4-7-20-8-13-25-24(16-20)23-14-15-31(28(34)35-6-3)27(26(23)30-25)21-9-11-22(12-10-21)36-19-29(5-2,17-32)18-33;1-2;/h8-13,16,27,30,32-33H,4-7,14-15,17-19H2,1-3H3;1-2H3;1H/t27-;;/m0../s1. The SMILES string of the molecule is CC.CCCc1ccc2[nH]c3c(c2c1)CCN(C(=O)OCC)[C@H]3c1ccc(OCC(CC)(CO)CO)cc1.[HH]. The fourth-order valence-corrected chi connectivity index (χ4v) is 4.98. The van der Waals surface area contributed by atoms with Gasteiger partial charge in [-0.25, -0.2) is 4.79 Å². The highest BCUT2D eigenvalue weighted by Gasteiger charge is 2.35. The van der Waals surface area contributed by atoms with Crippen LogP contribution in [0.4, 0.5) is 4.79 Å². The third-order valence-corrected chi connectivity index (χ3v) is 7.39. The second-order valence-corrected chi connectivity index (χ2v) is 9.72. The molecule has 0 fully saturated rings. The van der Waals surface area contributed by atoms with Gasteiger partial charge in [0.05, 0.1) is 31.8 Å². The molecule has 1 amide bonds. The van der Waals surface area contributed by atoms with Gasteiger partial charge in [-0.05, 0) is 67.1 Å². The number of carbonyl (C=O) groups is 1. The van der Waals surface area contributed by atoms with Crippen molar-refractivity contribution in [2.45, 2.75) is 66.3 Å². The van der Waals surface area contributed by atoms with Crippen molar-refractivity contribution >= 4 is 17.0 Å². The predicted octanol–water partition coefficient (Wildman–Crippen LogP) is 6.26. The molecule has 210 valence electrons. The molecule has 3 aromatic rings. The molecular weight excluding hydrogens is 480 g/mol. The maximum Gasteiger partial charge on any atom is 0.410 e. The molecule has 2 aromatic carbocycles. The van der Waals surface area contributed by atoms with E-state index in [0.717, 1.165) is 36.0 Å². The van der Waals surface area contributed by atoms with Gasteiger partial charge in [-0.1, -0.05) is 52.3 Å². The highest BCUT2D eigenvalue weighted by atomic mass is 16.6. The Balaban J connectivity index is 0.00000174. The maximum absolute atomic E-state index is 12.9. The average molecular weight is 527 g/mol. The largest absolute Gasteiger partial charge is 0.493 e. The van der Waals surface area contributed by atoms with E-state index in [-0.39, 0.29) is 33.4 Å². The summed E-state index contributed by atoms with van der Waals surface area (Å²) in [6, 6.07) is 14.0. The third-order valence-electron chi connectivity index (χ3n) is 7.39. The van der Waals surface area contributed by atoms with Crippen molar-refractivity contribution in [1.29, 1.82) is 0 Å². The van der Waals surface area contributed by atoms with Crippen LogP contribution in [0.25, 0.3) is 10.9 Å². The highest BCUT2D eigenvalue weighted by molar-refractivity contribution is 5.86. The zero-order valence-electron chi connectivity index (χ0n) is 23.5. The number of nitrogens with one attached hydrogen (secondary N) is 1. The van der Waals surface area contributed by atoms with E-state index < -0.39 is 5.41 Å². The topological polar surface area (TPSA) is 95.0 Å². The Morgan fingerprint density at radius 3 is 2.42 bits per heavy atom. The van der Waals surface area contributed by atoms with Gasteiger partial charge < -0.3 is 24.7 Å². The molecule has 1 aliphatic heterocycles. The molecule has 0 saturated carbocycles. The summed E-state index contributed by atoms with van der Waals surface area (Å²) in [5.74, 6) is 0.651. The Kier molecular flexibility index (Phi) is 10.6. The molecule has 0 aliphatic carbocycles. The fraction of sp³-hybridized carbons (Fsp3) is 0.516. The van der Waals surface area contributed by atoms with Gasteiger partial charge in [0.1, 0.15) is 11.8 Å². The van der Waals surface area contributed by atoms with E-state index in [1.807, 2.05) is 52.0 Å². The Hall–Kier alpha value is -3.03. The van der Waals surface area contributed by atoms with Gasteiger partial charge >= 0.3 is 6.09 Å². The second kappa shape index (κ2) is 13.7. The van der Waals surface area contributed by atoms with Crippen molar-refractivity contribution in [3.8, 4) is 5.75 Å². The van der Waals surface area contributed by atoms with Gasteiger partial charge in [0, 0.05) is 24.6 Å². The molecule has 0 spiro atoms. The lowest BCUT2D eigenvalue weighted by atomic mass is 9.88. The Morgan fingerprint density at radius 2 is 1.82 bits per heavy atom. The summed E-state index contributed by atoms with van der Waals surface area (Å²) in [6.45, 7) is 10.8. The second-order valence-electron chi connectivity index (χ2n) is 9.72. The number of aliphatic hydroxyl groups is 2. The number of nitrogens with zero attached hydrogens (tertiary/aromatic N) is 1. The summed E-state index contributed by atoms with van der Waals surface area (Å²) in [5, 5.41) is 20.6. The first kappa shape index (κ1) is 29.5. The predicted molar refractivity (Wildman–Crippen MR) is 154 cm³/mol. The Labute approximate surface area is 228 Å².